The van der Waals surface area contributed by atoms with E-state index in [4.69, 9.17) is 19.7 Å². The van der Waals surface area contributed by atoms with Gasteiger partial charge in [0.05, 0.1) is 6.61 Å². The number of amides is 1. The van der Waals surface area contributed by atoms with E-state index in [1.165, 1.54) is 0 Å². The molecule has 2 aromatic rings. The summed E-state index contributed by atoms with van der Waals surface area (Å²) in [6.45, 7) is 6.33. The third-order valence-corrected chi connectivity index (χ3v) is 4.55. The highest BCUT2D eigenvalue weighted by Crippen LogP contribution is 2.15. The molecule has 1 N–H and O–H groups in total. The van der Waals surface area contributed by atoms with E-state index in [0.717, 1.165) is 24.0 Å². The first-order chi connectivity index (χ1) is 16.3. The monoisotopic (exact) mass is 468 g/mol. The van der Waals surface area contributed by atoms with Crippen molar-refractivity contribution in [2.45, 2.75) is 58.3 Å². The minimum absolute atomic E-state index is 0.110. The smallest absolute Gasteiger partial charge is 0.408 e. The van der Waals surface area contributed by atoms with Crippen molar-refractivity contribution in [1.82, 2.24) is 5.32 Å². The molecule has 2 rings (SSSR count). The number of azide groups is 1. The summed E-state index contributed by atoms with van der Waals surface area (Å²) in [6.07, 6.45) is 1.08. The number of esters is 1. The number of ether oxygens (including phenoxy) is 3. The first-order valence-corrected chi connectivity index (χ1v) is 11.2. The SMILES string of the molecule is CC(C)(C)OC(=O)NC(Cc1ccc(OCCCCN=[N+]=[N-])cc1)C(=O)OCc1ccccc1. The number of hydrogen-bond acceptors (Lipinski definition) is 6. The van der Waals surface area contributed by atoms with E-state index in [9.17, 15) is 9.59 Å². The minimum Gasteiger partial charge on any atom is -0.494 e. The average molecular weight is 469 g/mol. The fraction of sp³-hybridized carbons (Fsp3) is 0.440. The molecule has 0 saturated carbocycles. The van der Waals surface area contributed by atoms with Gasteiger partial charge in [-0.2, -0.15) is 0 Å². The van der Waals surface area contributed by atoms with E-state index in [0.29, 0.717) is 18.9 Å². The largest absolute Gasteiger partial charge is 0.494 e. The Kier molecular flexibility index (Phi) is 10.7. The van der Waals surface area contributed by atoms with Crippen molar-refractivity contribution in [2.24, 2.45) is 5.11 Å². The number of rotatable bonds is 12. The van der Waals surface area contributed by atoms with E-state index < -0.39 is 23.7 Å². The number of carbonyl (C=O) groups excluding carboxylic acids is 2. The number of alkyl carbamates (subject to hydrolysis) is 1. The summed E-state index contributed by atoms with van der Waals surface area (Å²) in [6, 6.07) is 15.7. The Morgan fingerprint density at radius 3 is 2.38 bits per heavy atom. The molecule has 9 heteroatoms. The van der Waals surface area contributed by atoms with Gasteiger partial charge in [-0.25, -0.2) is 9.59 Å². The van der Waals surface area contributed by atoms with Gasteiger partial charge in [-0.1, -0.05) is 47.6 Å². The Hall–Kier alpha value is -3.71. The van der Waals surface area contributed by atoms with Crippen LogP contribution in [-0.2, 0) is 27.3 Å². The molecule has 9 nitrogen and oxygen atoms in total. The molecule has 1 atom stereocenters. The van der Waals surface area contributed by atoms with E-state index in [2.05, 4.69) is 15.3 Å². The topological polar surface area (TPSA) is 123 Å². The Morgan fingerprint density at radius 2 is 1.74 bits per heavy atom. The second-order valence-electron chi connectivity index (χ2n) is 8.65. The lowest BCUT2D eigenvalue weighted by atomic mass is 10.1. The van der Waals surface area contributed by atoms with E-state index in [1.807, 2.05) is 54.6 Å². The van der Waals surface area contributed by atoms with Crippen LogP contribution < -0.4 is 10.1 Å². The van der Waals surface area contributed by atoms with Crippen molar-refractivity contribution < 1.29 is 23.8 Å². The van der Waals surface area contributed by atoms with Crippen LogP contribution in [0.2, 0.25) is 0 Å². The van der Waals surface area contributed by atoms with Gasteiger partial charge in [0, 0.05) is 17.9 Å². The highest BCUT2D eigenvalue weighted by molar-refractivity contribution is 5.81. The minimum atomic E-state index is -0.911. The molecule has 0 aliphatic heterocycles. The van der Waals surface area contributed by atoms with Gasteiger partial charge in [-0.15, -0.1) is 0 Å². The molecular weight excluding hydrogens is 436 g/mol. The van der Waals surface area contributed by atoms with Gasteiger partial charge in [-0.05, 0) is 62.4 Å². The summed E-state index contributed by atoms with van der Waals surface area (Å²) >= 11 is 0. The lowest BCUT2D eigenvalue weighted by Crippen LogP contribution is -2.45. The molecule has 0 aromatic heterocycles. The molecule has 0 fully saturated rings. The second-order valence-corrected chi connectivity index (χ2v) is 8.65. The molecule has 2 aromatic carbocycles. The van der Waals surface area contributed by atoms with Crippen LogP contribution in [0, 0.1) is 0 Å². The van der Waals surface area contributed by atoms with Gasteiger partial charge in [0.25, 0.3) is 0 Å². The summed E-state index contributed by atoms with van der Waals surface area (Å²) < 4.78 is 16.4. The van der Waals surface area contributed by atoms with Crippen LogP contribution in [-0.4, -0.2) is 36.9 Å². The molecule has 0 aliphatic carbocycles. The zero-order chi connectivity index (χ0) is 24.8. The summed E-state index contributed by atoms with van der Waals surface area (Å²) in [7, 11) is 0. The van der Waals surface area contributed by atoms with Gasteiger partial charge < -0.3 is 19.5 Å². The van der Waals surface area contributed by atoms with Crippen LogP contribution >= 0.6 is 0 Å². The number of unbranched alkanes of at least 4 members (excludes halogenated alkanes) is 1. The quantitative estimate of drug-likeness (QED) is 0.148. The predicted molar refractivity (Wildman–Crippen MR) is 128 cm³/mol. The molecule has 0 saturated heterocycles. The van der Waals surface area contributed by atoms with Crippen molar-refractivity contribution in [2.75, 3.05) is 13.2 Å². The van der Waals surface area contributed by atoms with Crippen LogP contribution in [0.15, 0.2) is 59.7 Å². The van der Waals surface area contributed by atoms with Crippen molar-refractivity contribution in [3.63, 3.8) is 0 Å². The molecule has 0 radical (unpaired) electrons. The molecule has 0 heterocycles. The number of carbonyl (C=O) groups is 2. The lowest BCUT2D eigenvalue weighted by Gasteiger charge is -2.23. The van der Waals surface area contributed by atoms with Gasteiger partial charge in [0.2, 0.25) is 0 Å². The highest BCUT2D eigenvalue weighted by atomic mass is 16.6. The van der Waals surface area contributed by atoms with Crippen molar-refractivity contribution in [3.05, 3.63) is 76.2 Å². The normalized spacial score (nSPS) is 11.6. The Morgan fingerprint density at radius 1 is 1.03 bits per heavy atom. The molecule has 1 unspecified atom stereocenters. The third kappa shape index (κ3) is 10.7. The molecule has 0 aliphatic rings. The molecule has 0 spiro atoms. The van der Waals surface area contributed by atoms with Crippen molar-refractivity contribution in [3.8, 4) is 5.75 Å². The standard InChI is InChI=1S/C25H32N4O5/c1-25(2,3)34-24(31)28-22(23(30)33-18-20-9-5-4-6-10-20)17-19-11-13-21(14-12-19)32-16-8-7-15-27-29-26/h4-6,9-14,22H,7-8,15-18H2,1-3H3,(H,28,31). The average Bonchev–Trinajstić information content (AvgIpc) is 2.80. The molecule has 34 heavy (non-hydrogen) atoms. The summed E-state index contributed by atoms with van der Waals surface area (Å²) in [5.74, 6) is 0.144. The second kappa shape index (κ2) is 13.7. The zero-order valence-corrected chi connectivity index (χ0v) is 19.9. The summed E-state index contributed by atoms with van der Waals surface area (Å²) in [5.41, 5.74) is 9.26. The van der Waals surface area contributed by atoms with Gasteiger partial charge in [0.15, 0.2) is 0 Å². The van der Waals surface area contributed by atoms with Crippen LogP contribution in [0.3, 0.4) is 0 Å². The fourth-order valence-corrected chi connectivity index (χ4v) is 2.95. The van der Waals surface area contributed by atoms with Crippen LogP contribution in [0.4, 0.5) is 4.79 Å². The first-order valence-electron chi connectivity index (χ1n) is 11.2. The van der Waals surface area contributed by atoms with E-state index >= 15 is 0 Å². The lowest BCUT2D eigenvalue weighted by molar-refractivity contribution is -0.147. The number of hydrogen-bond donors (Lipinski definition) is 1. The maximum absolute atomic E-state index is 12.8. The van der Waals surface area contributed by atoms with Crippen LogP contribution in [0.5, 0.6) is 5.75 Å². The Bertz CT molecular complexity index is 952. The summed E-state index contributed by atoms with van der Waals surface area (Å²) in [5, 5.41) is 6.12. The maximum atomic E-state index is 12.8. The number of nitrogens with one attached hydrogen (secondary N) is 1. The van der Waals surface area contributed by atoms with Gasteiger partial charge in [0.1, 0.15) is 24.0 Å². The van der Waals surface area contributed by atoms with Crippen molar-refractivity contribution in [1.29, 1.82) is 0 Å². The maximum Gasteiger partial charge on any atom is 0.408 e. The highest BCUT2D eigenvalue weighted by Gasteiger charge is 2.26. The summed E-state index contributed by atoms with van der Waals surface area (Å²) in [4.78, 5) is 27.8. The number of nitrogens with zero attached hydrogens (tertiary/aromatic N) is 3. The number of benzene rings is 2. The fourth-order valence-electron chi connectivity index (χ4n) is 2.95. The zero-order valence-electron chi connectivity index (χ0n) is 19.9. The van der Waals surface area contributed by atoms with Gasteiger partial charge in [-0.3, -0.25) is 0 Å². The Balaban J connectivity index is 1.97. The van der Waals surface area contributed by atoms with Crippen LogP contribution in [0.25, 0.3) is 10.4 Å². The molecular formula is C25H32N4O5. The predicted octanol–water partition coefficient (Wildman–Crippen LogP) is 5.34. The molecule has 1 amide bonds. The van der Waals surface area contributed by atoms with Crippen molar-refractivity contribution >= 4 is 12.1 Å². The Labute approximate surface area is 200 Å². The third-order valence-electron chi connectivity index (χ3n) is 4.55. The molecule has 0 bridgehead atoms. The molecule has 182 valence electrons. The van der Waals surface area contributed by atoms with E-state index in [1.54, 1.807) is 20.8 Å². The first kappa shape index (κ1) is 26.5. The van der Waals surface area contributed by atoms with Crippen LogP contribution in [0.1, 0.15) is 44.7 Å². The van der Waals surface area contributed by atoms with E-state index in [-0.39, 0.29) is 13.0 Å². The van der Waals surface area contributed by atoms with Gasteiger partial charge >= 0.3 is 12.1 Å².